The highest BCUT2D eigenvalue weighted by atomic mass is 32.2. The second kappa shape index (κ2) is 6.98. The maximum Gasteiger partial charge on any atom is 0.239 e. The molecule has 1 atom stereocenters. The first-order valence-corrected chi connectivity index (χ1v) is 8.32. The van der Waals surface area contributed by atoms with Gasteiger partial charge >= 0.3 is 0 Å². The first-order valence-electron chi connectivity index (χ1n) is 7.16. The lowest BCUT2D eigenvalue weighted by Gasteiger charge is -2.19. The van der Waals surface area contributed by atoms with E-state index in [1.165, 1.54) is 16.7 Å². The number of nitrogens with one attached hydrogen (secondary N) is 1. The molecule has 114 valence electrons. The van der Waals surface area contributed by atoms with Gasteiger partial charge in [-0.2, -0.15) is 0 Å². The molecule has 1 aliphatic heterocycles. The smallest absolute Gasteiger partial charge is 0.239 e. The Labute approximate surface area is 130 Å². The molecule has 1 heterocycles. The molecule has 1 aliphatic rings. The SMILES string of the molecule is Cc1ccc(C[C@@H](C)NC(=O)CN2CSCC2=O)c(C)c1. The lowest BCUT2D eigenvalue weighted by atomic mass is 10.00. The van der Waals surface area contributed by atoms with Crippen LogP contribution in [0.5, 0.6) is 0 Å². The van der Waals surface area contributed by atoms with E-state index in [0.29, 0.717) is 11.6 Å². The van der Waals surface area contributed by atoms with Crippen molar-refractivity contribution < 1.29 is 9.59 Å². The predicted molar refractivity (Wildman–Crippen MR) is 86.3 cm³/mol. The maximum absolute atomic E-state index is 12.0. The van der Waals surface area contributed by atoms with Crippen molar-refractivity contribution in [2.24, 2.45) is 0 Å². The monoisotopic (exact) mass is 306 g/mol. The minimum absolute atomic E-state index is 0.0529. The van der Waals surface area contributed by atoms with Crippen LogP contribution in [0.4, 0.5) is 0 Å². The summed E-state index contributed by atoms with van der Waals surface area (Å²) in [5.41, 5.74) is 3.75. The fourth-order valence-corrected chi connectivity index (χ4v) is 3.39. The first kappa shape index (κ1) is 15.9. The summed E-state index contributed by atoms with van der Waals surface area (Å²) in [6, 6.07) is 6.43. The Bertz CT molecular complexity index is 545. The molecule has 0 spiro atoms. The molecule has 0 bridgehead atoms. The van der Waals surface area contributed by atoms with Gasteiger partial charge in [-0.25, -0.2) is 0 Å². The minimum atomic E-state index is -0.0804. The van der Waals surface area contributed by atoms with Crippen LogP contribution in [0.25, 0.3) is 0 Å². The normalized spacial score (nSPS) is 16.1. The molecule has 0 radical (unpaired) electrons. The average Bonchev–Trinajstić information content (AvgIpc) is 2.78. The van der Waals surface area contributed by atoms with Gasteiger partial charge in [0, 0.05) is 6.04 Å². The predicted octanol–water partition coefficient (Wildman–Crippen LogP) is 1.88. The van der Waals surface area contributed by atoms with E-state index in [1.54, 1.807) is 16.7 Å². The molecule has 0 saturated carbocycles. The van der Waals surface area contributed by atoms with Crippen LogP contribution in [0.15, 0.2) is 18.2 Å². The summed E-state index contributed by atoms with van der Waals surface area (Å²) >= 11 is 1.55. The van der Waals surface area contributed by atoms with Gasteiger partial charge in [-0.05, 0) is 38.3 Å². The number of amides is 2. The van der Waals surface area contributed by atoms with E-state index in [2.05, 4.69) is 37.4 Å². The first-order chi connectivity index (χ1) is 9.95. The quantitative estimate of drug-likeness (QED) is 0.903. The number of carbonyl (C=O) groups excluding carboxylic acids is 2. The summed E-state index contributed by atoms with van der Waals surface area (Å²) in [5.74, 6) is 1.09. The molecule has 0 aliphatic carbocycles. The van der Waals surface area contributed by atoms with Gasteiger partial charge in [-0.1, -0.05) is 23.8 Å². The van der Waals surface area contributed by atoms with Gasteiger partial charge in [0.2, 0.25) is 11.8 Å². The lowest BCUT2D eigenvalue weighted by Crippen LogP contribution is -2.42. The van der Waals surface area contributed by atoms with E-state index in [4.69, 9.17) is 0 Å². The Morgan fingerprint density at radius 3 is 2.81 bits per heavy atom. The maximum atomic E-state index is 12.0. The number of aryl methyl sites for hydroxylation is 2. The molecular formula is C16H22N2O2S. The van der Waals surface area contributed by atoms with Crippen molar-refractivity contribution in [3.05, 3.63) is 34.9 Å². The van der Waals surface area contributed by atoms with Gasteiger partial charge in [0.05, 0.1) is 11.6 Å². The Kier molecular flexibility index (Phi) is 5.28. The molecule has 5 heteroatoms. The fraction of sp³-hybridized carbons (Fsp3) is 0.500. The van der Waals surface area contributed by atoms with Crippen molar-refractivity contribution in [1.82, 2.24) is 10.2 Å². The highest BCUT2D eigenvalue weighted by Crippen LogP contribution is 2.15. The number of hydrogen-bond donors (Lipinski definition) is 1. The third-order valence-corrected chi connectivity index (χ3v) is 4.54. The van der Waals surface area contributed by atoms with E-state index in [9.17, 15) is 9.59 Å². The molecule has 1 saturated heterocycles. The summed E-state index contributed by atoms with van der Waals surface area (Å²) in [4.78, 5) is 25.1. The van der Waals surface area contributed by atoms with Crippen molar-refractivity contribution in [3.8, 4) is 0 Å². The molecular weight excluding hydrogens is 284 g/mol. The Balaban J connectivity index is 1.84. The standard InChI is InChI=1S/C16H22N2O2S/c1-11-4-5-14(12(2)6-11)7-13(3)17-15(19)8-18-10-21-9-16(18)20/h4-6,13H,7-10H2,1-3H3,(H,17,19)/t13-/m1/s1. The molecule has 2 rings (SSSR count). The molecule has 0 aromatic heterocycles. The van der Waals surface area contributed by atoms with Gasteiger partial charge in [0.25, 0.3) is 0 Å². The van der Waals surface area contributed by atoms with Crippen LogP contribution >= 0.6 is 11.8 Å². The molecule has 1 aromatic carbocycles. The van der Waals surface area contributed by atoms with Crippen LogP contribution in [0.2, 0.25) is 0 Å². The zero-order valence-corrected chi connectivity index (χ0v) is 13.6. The summed E-state index contributed by atoms with van der Waals surface area (Å²) in [6.45, 7) is 6.34. The third-order valence-electron chi connectivity index (χ3n) is 3.59. The van der Waals surface area contributed by atoms with Gasteiger partial charge in [-0.3, -0.25) is 9.59 Å². The Morgan fingerprint density at radius 2 is 2.19 bits per heavy atom. The molecule has 21 heavy (non-hydrogen) atoms. The largest absolute Gasteiger partial charge is 0.352 e. The zero-order chi connectivity index (χ0) is 15.4. The topological polar surface area (TPSA) is 49.4 Å². The van der Waals surface area contributed by atoms with Crippen LogP contribution in [0.1, 0.15) is 23.6 Å². The number of hydrogen-bond acceptors (Lipinski definition) is 3. The number of rotatable bonds is 5. The van der Waals surface area contributed by atoms with Gasteiger partial charge < -0.3 is 10.2 Å². The van der Waals surface area contributed by atoms with Crippen molar-refractivity contribution in [2.75, 3.05) is 18.2 Å². The van der Waals surface area contributed by atoms with Crippen molar-refractivity contribution in [3.63, 3.8) is 0 Å². The Morgan fingerprint density at radius 1 is 1.43 bits per heavy atom. The highest BCUT2D eigenvalue weighted by Gasteiger charge is 2.23. The molecule has 4 nitrogen and oxygen atoms in total. The van der Waals surface area contributed by atoms with Crippen molar-refractivity contribution >= 4 is 23.6 Å². The highest BCUT2D eigenvalue weighted by molar-refractivity contribution is 8.00. The molecule has 1 N–H and O–H groups in total. The van der Waals surface area contributed by atoms with Crippen LogP contribution in [0, 0.1) is 13.8 Å². The average molecular weight is 306 g/mol. The van der Waals surface area contributed by atoms with Gasteiger partial charge in [0.15, 0.2) is 0 Å². The van der Waals surface area contributed by atoms with E-state index >= 15 is 0 Å². The van der Waals surface area contributed by atoms with Crippen LogP contribution < -0.4 is 5.32 Å². The van der Waals surface area contributed by atoms with E-state index in [0.717, 1.165) is 6.42 Å². The third kappa shape index (κ3) is 4.49. The molecule has 1 aromatic rings. The van der Waals surface area contributed by atoms with E-state index in [-0.39, 0.29) is 24.4 Å². The molecule has 1 fully saturated rings. The van der Waals surface area contributed by atoms with E-state index < -0.39 is 0 Å². The number of nitrogens with zero attached hydrogens (tertiary/aromatic N) is 1. The van der Waals surface area contributed by atoms with Crippen LogP contribution in [-0.2, 0) is 16.0 Å². The van der Waals surface area contributed by atoms with Gasteiger partial charge in [0.1, 0.15) is 6.54 Å². The summed E-state index contributed by atoms with van der Waals surface area (Å²) < 4.78 is 0. The Hall–Kier alpha value is -1.49. The van der Waals surface area contributed by atoms with Gasteiger partial charge in [-0.15, -0.1) is 11.8 Å². The number of thioether (sulfide) groups is 1. The number of carbonyl (C=O) groups is 2. The van der Waals surface area contributed by atoms with Crippen molar-refractivity contribution in [1.29, 1.82) is 0 Å². The molecule has 2 amide bonds. The minimum Gasteiger partial charge on any atom is -0.352 e. The summed E-state index contributed by atoms with van der Waals surface area (Å²) in [5, 5.41) is 2.98. The van der Waals surface area contributed by atoms with Crippen molar-refractivity contribution in [2.45, 2.75) is 33.2 Å². The molecule has 0 unspecified atom stereocenters. The lowest BCUT2D eigenvalue weighted by molar-refractivity contribution is -0.132. The van der Waals surface area contributed by atoms with Crippen LogP contribution in [-0.4, -0.2) is 40.9 Å². The number of benzene rings is 1. The van der Waals surface area contributed by atoms with Crippen LogP contribution in [0.3, 0.4) is 0 Å². The summed E-state index contributed by atoms with van der Waals surface area (Å²) in [6.07, 6.45) is 0.806. The fourth-order valence-electron chi connectivity index (χ4n) is 2.49. The second-order valence-corrected chi connectivity index (χ2v) is 6.63. The zero-order valence-electron chi connectivity index (χ0n) is 12.8. The summed E-state index contributed by atoms with van der Waals surface area (Å²) in [7, 11) is 0. The second-order valence-electron chi connectivity index (χ2n) is 5.67. The van der Waals surface area contributed by atoms with E-state index in [1.807, 2.05) is 6.92 Å².